The van der Waals surface area contributed by atoms with Crippen molar-refractivity contribution in [3.05, 3.63) is 0 Å². The summed E-state index contributed by atoms with van der Waals surface area (Å²) in [6, 6.07) is 0.474. The van der Waals surface area contributed by atoms with Crippen molar-refractivity contribution >= 4 is 5.97 Å². The number of carboxylic acid groups (broad SMARTS) is 1. The third-order valence-electron chi connectivity index (χ3n) is 4.71. The van der Waals surface area contributed by atoms with Crippen molar-refractivity contribution in [2.75, 3.05) is 0 Å². The molecule has 0 unspecified atom stereocenters. The van der Waals surface area contributed by atoms with Crippen LogP contribution in [0, 0.1) is 5.92 Å². The van der Waals surface area contributed by atoms with Gasteiger partial charge in [0.05, 0.1) is 5.92 Å². The van der Waals surface area contributed by atoms with Crippen molar-refractivity contribution in [1.82, 2.24) is 4.90 Å². The lowest BCUT2D eigenvalue weighted by atomic mass is 9.71. The smallest absolute Gasteiger partial charge is 0.306 e. The first-order valence-corrected chi connectivity index (χ1v) is 6.76. The quantitative estimate of drug-likeness (QED) is 0.805. The monoisotopic (exact) mass is 239 g/mol. The Morgan fingerprint density at radius 3 is 2.00 bits per heavy atom. The molecule has 0 spiro atoms. The van der Waals surface area contributed by atoms with Gasteiger partial charge in [0, 0.05) is 17.1 Å². The molecule has 0 atom stereocenters. The number of hydrogen-bond donors (Lipinski definition) is 1. The van der Waals surface area contributed by atoms with Crippen LogP contribution in [0.15, 0.2) is 0 Å². The number of likely N-dealkylation sites (tertiary alicyclic amines) is 1. The van der Waals surface area contributed by atoms with Crippen molar-refractivity contribution < 1.29 is 9.90 Å². The van der Waals surface area contributed by atoms with Crippen LogP contribution >= 0.6 is 0 Å². The summed E-state index contributed by atoms with van der Waals surface area (Å²) in [6.45, 7) is 9.23. The summed E-state index contributed by atoms with van der Waals surface area (Å²) in [5.74, 6) is -0.720. The maximum absolute atomic E-state index is 10.9. The Labute approximate surface area is 104 Å². The minimum absolute atomic E-state index is 0.103. The summed E-state index contributed by atoms with van der Waals surface area (Å²) in [4.78, 5) is 13.5. The number of rotatable bonds is 2. The van der Waals surface area contributed by atoms with Crippen molar-refractivity contribution in [3.63, 3.8) is 0 Å². The lowest BCUT2D eigenvalue weighted by Crippen LogP contribution is -2.65. The molecule has 0 radical (unpaired) electrons. The molecule has 0 bridgehead atoms. The van der Waals surface area contributed by atoms with Gasteiger partial charge in [0.2, 0.25) is 0 Å². The molecule has 3 nitrogen and oxygen atoms in total. The van der Waals surface area contributed by atoms with Gasteiger partial charge in [-0.15, -0.1) is 0 Å². The van der Waals surface area contributed by atoms with Crippen LogP contribution in [-0.4, -0.2) is 33.1 Å². The first-order valence-electron chi connectivity index (χ1n) is 6.76. The maximum Gasteiger partial charge on any atom is 0.306 e. The van der Waals surface area contributed by atoms with E-state index in [4.69, 9.17) is 5.11 Å². The van der Waals surface area contributed by atoms with E-state index in [2.05, 4.69) is 32.6 Å². The van der Waals surface area contributed by atoms with E-state index in [-0.39, 0.29) is 17.0 Å². The molecule has 1 heterocycles. The molecular formula is C14H25NO2. The molecule has 0 aromatic carbocycles. The first-order chi connectivity index (χ1) is 7.74. The molecule has 0 amide bonds. The molecule has 1 N–H and O–H groups in total. The van der Waals surface area contributed by atoms with Crippen molar-refractivity contribution in [2.24, 2.45) is 5.92 Å². The Balaban J connectivity index is 2.10. The third-order valence-corrected chi connectivity index (χ3v) is 4.71. The molecule has 1 saturated carbocycles. The van der Waals surface area contributed by atoms with E-state index in [1.807, 2.05) is 0 Å². The summed E-state index contributed by atoms with van der Waals surface area (Å²) in [6.07, 6.45) is 5.41. The SMILES string of the molecule is CC1(C)CCCC(C)(C)N1C1CC(C(=O)O)C1. The van der Waals surface area contributed by atoms with Crippen molar-refractivity contribution in [1.29, 1.82) is 0 Å². The number of nitrogens with zero attached hydrogens (tertiary/aromatic N) is 1. The Hall–Kier alpha value is -0.570. The molecule has 0 aromatic rings. The van der Waals surface area contributed by atoms with Gasteiger partial charge in [0.15, 0.2) is 0 Å². The fourth-order valence-electron chi connectivity index (χ4n) is 4.00. The van der Waals surface area contributed by atoms with Crippen molar-refractivity contribution in [3.8, 4) is 0 Å². The van der Waals surface area contributed by atoms with E-state index in [0.717, 1.165) is 12.8 Å². The fourth-order valence-corrected chi connectivity index (χ4v) is 4.00. The average Bonchev–Trinajstić information content (AvgIpc) is 2.05. The second-order valence-corrected chi connectivity index (χ2v) is 7.01. The van der Waals surface area contributed by atoms with E-state index in [1.54, 1.807) is 0 Å². The molecule has 98 valence electrons. The Morgan fingerprint density at radius 1 is 1.12 bits per heavy atom. The summed E-state index contributed by atoms with van der Waals surface area (Å²) in [7, 11) is 0. The lowest BCUT2D eigenvalue weighted by Gasteiger charge is -2.59. The molecule has 2 rings (SSSR count). The highest BCUT2D eigenvalue weighted by Crippen LogP contribution is 2.45. The molecule has 1 saturated heterocycles. The number of hydrogen-bond acceptors (Lipinski definition) is 2. The van der Waals surface area contributed by atoms with E-state index < -0.39 is 5.97 Å². The van der Waals surface area contributed by atoms with Gasteiger partial charge in [-0.25, -0.2) is 0 Å². The van der Waals surface area contributed by atoms with Crippen LogP contribution in [0.4, 0.5) is 0 Å². The largest absolute Gasteiger partial charge is 0.481 e. The van der Waals surface area contributed by atoms with Crippen molar-refractivity contribution in [2.45, 2.75) is 76.9 Å². The zero-order valence-corrected chi connectivity index (χ0v) is 11.5. The Bertz CT molecular complexity index is 300. The minimum atomic E-state index is -0.617. The fraction of sp³-hybridized carbons (Fsp3) is 0.929. The number of aliphatic carboxylic acids is 1. The number of carbonyl (C=O) groups is 1. The van der Waals surface area contributed by atoms with Gasteiger partial charge in [0.25, 0.3) is 0 Å². The predicted molar refractivity (Wildman–Crippen MR) is 68.0 cm³/mol. The number of piperidine rings is 1. The second kappa shape index (κ2) is 3.98. The third kappa shape index (κ3) is 2.22. The molecule has 1 aliphatic carbocycles. The van der Waals surface area contributed by atoms with Gasteiger partial charge in [-0.2, -0.15) is 0 Å². The highest BCUT2D eigenvalue weighted by atomic mass is 16.4. The standard InChI is InChI=1S/C14H25NO2/c1-13(2)6-5-7-14(3,4)15(13)11-8-10(9-11)12(16)17/h10-11H,5-9H2,1-4H3,(H,16,17). The minimum Gasteiger partial charge on any atom is -0.481 e. The predicted octanol–water partition coefficient (Wildman–Crippen LogP) is 2.89. The van der Waals surface area contributed by atoms with Gasteiger partial charge in [-0.1, -0.05) is 0 Å². The summed E-state index contributed by atoms with van der Waals surface area (Å²) in [5.41, 5.74) is 0.436. The highest BCUT2D eigenvalue weighted by molar-refractivity contribution is 5.71. The molecular weight excluding hydrogens is 214 g/mol. The van der Waals surface area contributed by atoms with Gasteiger partial charge < -0.3 is 5.11 Å². The zero-order chi connectivity index (χ0) is 12.8. The Kier molecular flexibility index (Phi) is 3.01. The van der Waals surface area contributed by atoms with E-state index in [1.165, 1.54) is 19.3 Å². The summed E-state index contributed by atoms with van der Waals surface area (Å²) in [5, 5.41) is 8.99. The molecule has 17 heavy (non-hydrogen) atoms. The molecule has 2 aliphatic rings. The van der Waals surface area contributed by atoms with Crippen LogP contribution in [0.5, 0.6) is 0 Å². The number of carboxylic acids is 1. The van der Waals surface area contributed by atoms with Gasteiger partial charge in [0.1, 0.15) is 0 Å². The molecule has 3 heteroatoms. The van der Waals surface area contributed by atoms with E-state index >= 15 is 0 Å². The van der Waals surface area contributed by atoms with Crippen LogP contribution in [0.1, 0.15) is 59.8 Å². The van der Waals surface area contributed by atoms with Crippen LogP contribution in [0.3, 0.4) is 0 Å². The topological polar surface area (TPSA) is 40.5 Å². The normalized spacial score (nSPS) is 36.2. The Morgan fingerprint density at radius 2 is 1.59 bits per heavy atom. The highest BCUT2D eigenvalue weighted by Gasteiger charge is 2.49. The van der Waals surface area contributed by atoms with E-state index in [9.17, 15) is 4.79 Å². The average molecular weight is 239 g/mol. The van der Waals surface area contributed by atoms with Crippen LogP contribution in [0.25, 0.3) is 0 Å². The molecule has 2 fully saturated rings. The van der Waals surface area contributed by atoms with Gasteiger partial charge in [-0.3, -0.25) is 9.69 Å². The maximum atomic E-state index is 10.9. The van der Waals surface area contributed by atoms with Gasteiger partial charge >= 0.3 is 5.97 Å². The van der Waals surface area contributed by atoms with Crippen LogP contribution in [-0.2, 0) is 4.79 Å². The van der Waals surface area contributed by atoms with Gasteiger partial charge in [-0.05, 0) is 59.8 Å². The summed E-state index contributed by atoms with van der Waals surface area (Å²) >= 11 is 0. The zero-order valence-electron chi connectivity index (χ0n) is 11.5. The van der Waals surface area contributed by atoms with Crippen LogP contribution < -0.4 is 0 Å². The lowest BCUT2D eigenvalue weighted by molar-refractivity contribution is -0.154. The molecule has 0 aromatic heterocycles. The molecule has 1 aliphatic heterocycles. The second-order valence-electron chi connectivity index (χ2n) is 7.01. The van der Waals surface area contributed by atoms with Crippen LogP contribution in [0.2, 0.25) is 0 Å². The summed E-state index contributed by atoms with van der Waals surface area (Å²) < 4.78 is 0. The first kappa shape index (κ1) is 12.9. The van der Waals surface area contributed by atoms with E-state index in [0.29, 0.717) is 6.04 Å².